The highest BCUT2D eigenvalue weighted by Gasteiger charge is 2.03. The molecule has 0 aliphatic carbocycles. The number of hydrogen-bond donors (Lipinski definition) is 1. The number of furan rings is 1. The number of nitrogens with zero attached hydrogens (tertiary/aromatic N) is 1. The van der Waals surface area contributed by atoms with Gasteiger partial charge < -0.3 is 9.73 Å². The van der Waals surface area contributed by atoms with Crippen LogP contribution in [0.15, 0.2) is 21.2 Å². The van der Waals surface area contributed by atoms with Crippen LogP contribution in [0, 0.1) is 0 Å². The van der Waals surface area contributed by atoms with E-state index in [2.05, 4.69) is 40.1 Å². The summed E-state index contributed by atoms with van der Waals surface area (Å²) in [4.78, 5) is 2.24. The van der Waals surface area contributed by atoms with E-state index < -0.39 is 0 Å². The van der Waals surface area contributed by atoms with Gasteiger partial charge in [-0.1, -0.05) is 6.92 Å². The van der Waals surface area contributed by atoms with Crippen LogP contribution in [-0.2, 0) is 6.54 Å². The van der Waals surface area contributed by atoms with Crippen LogP contribution >= 0.6 is 15.9 Å². The maximum Gasteiger partial charge on any atom is 0.169 e. The Morgan fingerprint density at radius 1 is 1.40 bits per heavy atom. The van der Waals surface area contributed by atoms with Gasteiger partial charge in [0.15, 0.2) is 4.67 Å². The van der Waals surface area contributed by atoms with Gasteiger partial charge in [0.2, 0.25) is 0 Å². The smallest absolute Gasteiger partial charge is 0.169 e. The van der Waals surface area contributed by atoms with Crippen LogP contribution in [0.25, 0.3) is 0 Å². The number of nitrogens with one attached hydrogen (secondary N) is 1. The van der Waals surface area contributed by atoms with Crippen LogP contribution in [0.5, 0.6) is 0 Å². The average Bonchev–Trinajstić information content (AvgIpc) is 2.59. The van der Waals surface area contributed by atoms with Crippen molar-refractivity contribution in [1.82, 2.24) is 10.2 Å². The molecular weight excluding hydrogens is 256 g/mol. The van der Waals surface area contributed by atoms with Gasteiger partial charge in [-0.05, 0) is 48.1 Å². The fraction of sp³-hybridized carbons (Fsp3) is 0.636. The average molecular weight is 275 g/mol. The molecule has 1 N–H and O–H groups in total. The zero-order chi connectivity index (χ0) is 11.1. The molecule has 1 rings (SSSR count). The summed E-state index contributed by atoms with van der Waals surface area (Å²) in [7, 11) is 2.10. The second-order valence-corrected chi connectivity index (χ2v) is 4.48. The molecule has 4 heteroatoms. The summed E-state index contributed by atoms with van der Waals surface area (Å²) in [5, 5.41) is 3.38. The molecule has 0 radical (unpaired) electrons. The summed E-state index contributed by atoms with van der Waals surface area (Å²) in [6.45, 7) is 6.21. The Hall–Kier alpha value is -0.320. The Morgan fingerprint density at radius 2 is 2.20 bits per heavy atom. The number of likely N-dealkylation sites (N-methyl/N-ethyl adjacent to an activating group) is 1. The van der Waals surface area contributed by atoms with E-state index in [1.54, 1.807) is 0 Å². The van der Waals surface area contributed by atoms with Crippen LogP contribution < -0.4 is 5.32 Å². The van der Waals surface area contributed by atoms with E-state index in [0.29, 0.717) is 0 Å². The van der Waals surface area contributed by atoms with Gasteiger partial charge in [-0.2, -0.15) is 0 Å². The summed E-state index contributed by atoms with van der Waals surface area (Å²) in [6.07, 6.45) is 1.19. The van der Waals surface area contributed by atoms with Crippen molar-refractivity contribution in [3.8, 4) is 0 Å². The maximum atomic E-state index is 5.44. The molecule has 0 aromatic carbocycles. The van der Waals surface area contributed by atoms with Gasteiger partial charge in [-0.15, -0.1) is 0 Å². The Bertz CT molecular complexity index is 275. The summed E-state index contributed by atoms with van der Waals surface area (Å²) in [5.41, 5.74) is 0. The molecule has 0 fully saturated rings. The number of halogens is 1. The highest BCUT2D eigenvalue weighted by molar-refractivity contribution is 9.10. The molecule has 0 aliphatic heterocycles. The van der Waals surface area contributed by atoms with Crippen molar-refractivity contribution in [2.45, 2.75) is 19.9 Å². The highest BCUT2D eigenvalue weighted by atomic mass is 79.9. The van der Waals surface area contributed by atoms with Gasteiger partial charge in [-0.3, -0.25) is 4.90 Å². The van der Waals surface area contributed by atoms with E-state index in [1.165, 1.54) is 6.42 Å². The predicted molar refractivity (Wildman–Crippen MR) is 65.9 cm³/mol. The zero-order valence-electron chi connectivity index (χ0n) is 9.42. The Labute approximate surface area is 100.0 Å². The Morgan fingerprint density at radius 3 is 2.80 bits per heavy atom. The van der Waals surface area contributed by atoms with Gasteiger partial charge in [0.1, 0.15) is 5.76 Å². The second-order valence-electron chi connectivity index (χ2n) is 3.69. The minimum absolute atomic E-state index is 0.801. The van der Waals surface area contributed by atoms with Gasteiger partial charge in [0.25, 0.3) is 0 Å². The van der Waals surface area contributed by atoms with Crippen molar-refractivity contribution in [3.63, 3.8) is 0 Å². The van der Waals surface area contributed by atoms with Gasteiger partial charge in [0.05, 0.1) is 6.54 Å². The van der Waals surface area contributed by atoms with E-state index in [4.69, 9.17) is 4.42 Å². The highest BCUT2D eigenvalue weighted by Crippen LogP contribution is 2.14. The van der Waals surface area contributed by atoms with Gasteiger partial charge in [0, 0.05) is 13.1 Å². The summed E-state index contributed by atoms with van der Waals surface area (Å²) in [5.74, 6) is 1.000. The van der Waals surface area contributed by atoms with Crippen LogP contribution in [0.2, 0.25) is 0 Å². The predicted octanol–water partition coefficient (Wildman–Crippen LogP) is 2.47. The van der Waals surface area contributed by atoms with Crippen LogP contribution in [0.3, 0.4) is 0 Å². The first kappa shape index (κ1) is 12.7. The van der Waals surface area contributed by atoms with Crippen molar-refractivity contribution >= 4 is 15.9 Å². The molecule has 15 heavy (non-hydrogen) atoms. The fourth-order valence-corrected chi connectivity index (χ4v) is 1.69. The van der Waals surface area contributed by atoms with Gasteiger partial charge >= 0.3 is 0 Å². The first-order chi connectivity index (χ1) is 7.22. The monoisotopic (exact) mass is 274 g/mol. The Balaban J connectivity index is 2.15. The maximum absolute atomic E-state index is 5.44. The first-order valence-electron chi connectivity index (χ1n) is 5.36. The number of rotatable bonds is 7. The van der Waals surface area contributed by atoms with E-state index in [0.717, 1.165) is 36.6 Å². The second kappa shape index (κ2) is 7.04. The molecule has 3 nitrogen and oxygen atoms in total. The quantitative estimate of drug-likeness (QED) is 0.775. The topological polar surface area (TPSA) is 28.4 Å². The van der Waals surface area contributed by atoms with Crippen molar-refractivity contribution < 1.29 is 4.42 Å². The van der Waals surface area contributed by atoms with Crippen LogP contribution in [0.1, 0.15) is 19.1 Å². The Kier molecular flexibility index (Phi) is 5.98. The molecule has 0 spiro atoms. The van der Waals surface area contributed by atoms with E-state index in [1.807, 2.05) is 12.1 Å². The lowest BCUT2D eigenvalue weighted by atomic mass is 10.4. The van der Waals surface area contributed by atoms with Gasteiger partial charge in [-0.25, -0.2) is 0 Å². The zero-order valence-corrected chi connectivity index (χ0v) is 11.0. The molecule has 1 heterocycles. The minimum Gasteiger partial charge on any atom is -0.453 e. The van der Waals surface area contributed by atoms with E-state index in [9.17, 15) is 0 Å². The first-order valence-corrected chi connectivity index (χ1v) is 6.15. The fourth-order valence-electron chi connectivity index (χ4n) is 1.35. The third-order valence-electron chi connectivity index (χ3n) is 2.15. The third kappa shape index (κ3) is 5.35. The molecule has 0 bridgehead atoms. The van der Waals surface area contributed by atoms with Crippen LogP contribution in [0.4, 0.5) is 0 Å². The third-order valence-corrected chi connectivity index (χ3v) is 2.58. The molecule has 0 saturated heterocycles. The van der Waals surface area contributed by atoms with Crippen molar-refractivity contribution in [1.29, 1.82) is 0 Å². The van der Waals surface area contributed by atoms with Crippen molar-refractivity contribution in [3.05, 3.63) is 22.6 Å². The summed E-state index contributed by atoms with van der Waals surface area (Å²) >= 11 is 3.30. The lowest BCUT2D eigenvalue weighted by Gasteiger charge is -2.15. The molecule has 1 aromatic heterocycles. The van der Waals surface area contributed by atoms with E-state index in [-0.39, 0.29) is 0 Å². The summed E-state index contributed by atoms with van der Waals surface area (Å²) < 4.78 is 6.24. The molecule has 86 valence electrons. The van der Waals surface area contributed by atoms with Crippen molar-refractivity contribution in [2.75, 3.05) is 26.7 Å². The molecule has 0 atom stereocenters. The lowest BCUT2D eigenvalue weighted by Crippen LogP contribution is -2.29. The van der Waals surface area contributed by atoms with Crippen LogP contribution in [-0.4, -0.2) is 31.6 Å². The molecule has 0 saturated carbocycles. The standard InChI is InChI=1S/C11H19BrN2O/c1-3-6-13-7-8-14(2)9-10-4-5-11(12)15-10/h4-5,13H,3,6-9H2,1-2H3. The molecule has 0 amide bonds. The molecular formula is C11H19BrN2O. The molecule has 1 aromatic rings. The minimum atomic E-state index is 0.801. The van der Waals surface area contributed by atoms with Crippen molar-refractivity contribution in [2.24, 2.45) is 0 Å². The number of hydrogen-bond acceptors (Lipinski definition) is 3. The van der Waals surface area contributed by atoms with E-state index >= 15 is 0 Å². The molecule has 0 unspecified atom stereocenters. The molecule has 0 aliphatic rings. The lowest BCUT2D eigenvalue weighted by molar-refractivity contribution is 0.291. The largest absolute Gasteiger partial charge is 0.453 e. The summed E-state index contributed by atoms with van der Waals surface area (Å²) in [6, 6.07) is 3.93. The normalized spacial score (nSPS) is 11.2. The SMILES string of the molecule is CCCNCCN(C)Cc1ccc(Br)o1.